The second kappa shape index (κ2) is 16.0. The lowest BCUT2D eigenvalue weighted by Crippen LogP contribution is -2.20. The highest BCUT2D eigenvalue weighted by molar-refractivity contribution is 8.47. The van der Waals surface area contributed by atoms with Crippen molar-refractivity contribution in [2.45, 2.75) is 95.6 Å². The quantitative estimate of drug-likeness (QED) is 0.239. The van der Waals surface area contributed by atoms with Gasteiger partial charge >= 0.3 is 5.97 Å². The zero-order valence-electron chi connectivity index (χ0n) is 15.7. The SMILES string of the molecule is CCCCCCCCCCCCSC(=S)SC(C)(C#N)CCC(=O)O. The minimum atomic E-state index is -0.869. The fraction of sp³-hybridized carbons (Fsp3) is 0.842. The van der Waals surface area contributed by atoms with Crippen LogP contribution in [0, 0.1) is 11.3 Å². The Bertz CT molecular complexity index is 423. The lowest BCUT2D eigenvalue weighted by Gasteiger charge is -2.19. The summed E-state index contributed by atoms with van der Waals surface area (Å²) in [7, 11) is 0. The number of hydrogen-bond acceptors (Lipinski definition) is 5. The Balaban J connectivity index is 3.63. The van der Waals surface area contributed by atoms with E-state index in [1.165, 1.54) is 69.5 Å². The maximum absolute atomic E-state index is 10.7. The predicted octanol–water partition coefficient (Wildman–Crippen LogP) is 6.81. The third-order valence-corrected chi connectivity index (χ3v) is 6.93. The number of carboxylic acid groups (broad SMARTS) is 1. The molecule has 0 rings (SSSR count). The summed E-state index contributed by atoms with van der Waals surface area (Å²) in [5.74, 6) is 0.119. The van der Waals surface area contributed by atoms with Crippen molar-refractivity contribution in [3.63, 3.8) is 0 Å². The molecule has 1 unspecified atom stereocenters. The van der Waals surface area contributed by atoms with Crippen molar-refractivity contribution in [1.29, 1.82) is 5.26 Å². The van der Waals surface area contributed by atoms with E-state index in [-0.39, 0.29) is 6.42 Å². The van der Waals surface area contributed by atoms with Crippen molar-refractivity contribution in [3.05, 3.63) is 0 Å². The topological polar surface area (TPSA) is 61.1 Å². The van der Waals surface area contributed by atoms with Crippen molar-refractivity contribution >= 4 is 45.2 Å². The van der Waals surface area contributed by atoms with E-state index in [0.717, 1.165) is 15.7 Å². The van der Waals surface area contributed by atoms with Crippen LogP contribution in [0.4, 0.5) is 0 Å². The van der Waals surface area contributed by atoms with Crippen molar-refractivity contribution in [2.24, 2.45) is 0 Å². The number of unbranched alkanes of at least 4 members (excludes halogenated alkanes) is 9. The Morgan fingerprint density at radius 1 is 1.08 bits per heavy atom. The molecule has 0 heterocycles. The van der Waals surface area contributed by atoms with Crippen LogP contribution in [0.15, 0.2) is 0 Å². The van der Waals surface area contributed by atoms with Crippen LogP contribution in [0.2, 0.25) is 0 Å². The number of thiocarbonyl (C=S) groups is 1. The van der Waals surface area contributed by atoms with E-state index in [4.69, 9.17) is 17.3 Å². The molecule has 0 fully saturated rings. The van der Waals surface area contributed by atoms with Crippen LogP contribution in [0.5, 0.6) is 0 Å². The minimum Gasteiger partial charge on any atom is -0.481 e. The van der Waals surface area contributed by atoms with Crippen molar-refractivity contribution in [2.75, 3.05) is 5.75 Å². The standard InChI is InChI=1S/C19H33NO2S3/c1-3-4-5-6-7-8-9-10-11-12-15-24-18(23)25-19(2,16-20)14-13-17(21)22/h3-15H2,1-2H3,(H,21,22). The number of rotatable bonds is 15. The summed E-state index contributed by atoms with van der Waals surface area (Å²) in [6, 6.07) is 2.21. The van der Waals surface area contributed by atoms with Crippen molar-refractivity contribution in [3.8, 4) is 6.07 Å². The lowest BCUT2D eigenvalue weighted by molar-refractivity contribution is -0.137. The molecule has 0 aromatic rings. The van der Waals surface area contributed by atoms with Crippen LogP contribution in [-0.4, -0.2) is 25.1 Å². The van der Waals surface area contributed by atoms with Crippen LogP contribution >= 0.6 is 35.7 Å². The first kappa shape index (κ1) is 24.8. The minimum absolute atomic E-state index is 0.00276. The van der Waals surface area contributed by atoms with E-state index in [2.05, 4.69) is 13.0 Å². The fourth-order valence-electron chi connectivity index (χ4n) is 2.43. The first-order valence-corrected chi connectivity index (χ1v) is 11.6. The average Bonchev–Trinajstić information content (AvgIpc) is 2.58. The molecule has 144 valence electrons. The van der Waals surface area contributed by atoms with Gasteiger partial charge in [-0.1, -0.05) is 88.7 Å². The molecule has 0 aliphatic heterocycles. The molecule has 0 radical (unpaired) electrons. The van der Waals surface area contributed by atoms with E-state index in [0.29, 0.717) is 6.42 Å². The van der Waals surface area contributed by atoms with Gasteiger partial charge in [-0.3, -0.25) is 4.79 Å². The van der Waals surface area contributed by atoms with E-state index in [1.807, 2.05) is 0 Å². The monoisotopic (exact) mass is 403 g/mol. The van der Waals surface area contributed by atoms with Gasteiger partial charge < -0.3 is 5.11 Å². The molecule has 0 spiro atoms. The van der Waals surface area contributed by atoms with Gasteiger partial charge in [-0.15, -0.1) is 11.8 Å². The number of nitrogens with zero attached hydrogens (tertiary/aromatic N) is 1. The molecule has 1 N–H and O–H groups in total. The third-order valence-electron chi connectivity index (χ3n) is 4.08. The highest BCUT2D eigenvalue weighted by Crippen LogP contribution is 2.34. The van der Waals surface area contributed by atoms with E-state index in [9.17, 15) is 10.1 Å². The Morgan fingerprint density at radius 2 is 1.60 bits per heavy atom. The molecular formula is C19H33NO2S3. The van der Waals surface area contributed by atoms with Crippen LogP contribution in [0.3, 0.4) is 0 Å². The second-order valence-electron chi connectivity index (χ2n) is 6.62. The van der Waals surface area contributed by atoms with Crippen LogP contribution in [-0.2, 0) is 4.79 Å². The molecule has 0 amide bonds. The zero-order valence-corrected chi connectivity index (χ0v) is 18.2. The van der Waals surface area contributed by atoms with Gasteiger partial charge in [-0.05, 0) is 25.5 Å². The van der Waals surface area contributed by atoms with Gasteiger partial charge in [0.05, 0.1) is 6.07 Å². The molecule has 0 saturated heterocycles. The average molecular weight is 404 g/mol. The highest BCUT2D eigenvalue weighted by atomic mass is 32.2. The molecular weight excluding hydrogens is 370 g/mol. The van der Waals surface area contributed by atoms with E-state index >= 15 is 0 Å². The van der Waals surface area contributed by atoms with Gasteiger partial charge in [0.1, 0.15) is 8.28 Å². The number of aliphatic carboxylic acids is 1. The van der Waals surface area contributed by atoms with E-state index in [1.54, 1.807) is 18.7 Å². The third kappa shape index (κ3) is 15.7. The first-order chi connectivity index (χ1) is 11.9. The summed E-state index contributed by atoms with van der Waals surface area (Å²) in [6.45, 7) is 4.02. The van der Waals surface area contributed by atoms with Gasteiger partial charge in [0.15, 0.2) is 0 Å². The fourth-order valence-corrected chi connectivity index (χ4v) is 5.41. The summed E-state index contributed by atoms with van der Waals surface area (Å²) in [4.78, 5) is 10.7. The Hall–Kier alpha value is -0.250. The summed E-state index contributed by atoms with van der Waals surface area (Å²) < 4.78 is 0.0191. The molecule has 3 nitrogen and oxygen atoms in total. The maximum Gasteiger partial charge on any atom is 0.303 e. The number of carboxylic acids is 1. The zero-order chi connectivity index (χ0) is 19.0. The van der Waals surface area contributed by atoms with Crippen LogP contribution < -0.4 is 0 Å². The molecule has 1 atom stereocenters. The predicted molar refractivity (Wildman–Crippen MR) is 115 cm³/mol. The van der Waals surface area contributed by atoms with E-state index < -0.39 is 10.7 Å². The number of carbonyl (C=O) groups is 1. The second-order valence-corrected chi connectivity index (χ2v) is 10.4. The Morgan fingerprint density at radius 3 is 2.08 bits per heavy atom. The number of thioether (sulfide) groups is 2. The molecule has 0 aliphatic rings. The number of nitriles is 1. The molecule has 0 aromatic carbocycles. The molecule has 0 aliphatic carbocycles. The molecule has 0 bridgehead atoms. The van der Waals surface area contributed by atoms with Gasteiger partial charge in [0.25, 0.3) is 0 Å². The molecule has 0 aromatic heterocycles. The Kier molecular flexibility index (Phi) is 15.8. The normalized spacial score (nSPS) is 13.2. The van der Waals surface area contributed by atoms with Gasteiger partial charge in [-0.25, -0.2) is 0 Å². The van der Waals surface area contributed by atoms with Gasteiger partial charge in [0.2, 0.25) is 0 Å². The van der Waals surface area contributed by atoms with Crippen LogP contribution in [0.25, 0.3) is 0 Å². The molecule has 0 saturated carbocycles. The van der Waals surface area contributed by atoms with Crippen LogP contribution in [0.1, 0.15) is 90.9 Å². The smallest absolute Gasteiger partial charge is 0.303 e. The largest absolute Gasteiger partial charge is 0.481 e. The summed E-state index contributed by atoms with van der Waals surface area (Å²) in [5.41, 5.74) is 0. The summed E-state index contributed by atoms with van der Waals surface area (Å²) >= 11 is 8.31. The van der Waals surface area contributed by atoms with Gasteiger partial charge in [0, 0.05) is 6.42 Å². The first-order valence-electron chi connectivity index (χ1n) is 9.42. The Labute approximate surface area is 167 Å². The number of hydrogen-bond donors (Lipinski definition) is 1. The maximum atomic E-state index is 10.7. The molecule has 25 heavy (non-hydrogen) atoms. The highest BCUT2D eigenvalue weighted by Gasteiger charge is 2.27. The molecule has 6 heteroatoms. The summed E-state index contributed by atoms with van der Waals surface area (Å²) in [5, 5.41) is 18.0. The lowest BCUT2D eigenvalue weighted by atomic mass is 10.1. The van der Waals surface area contributed by atoms with Crippen molar-refractivity contribution < 1.29 is 9.90 Å². The van der Waals surface area contributed by atoms with Gasteiger partial charge in [-0.2, -0.15) is 5.26 Å². The van der Waals surface area contributed by atoms with Crippen molar-refractivity contribution in [1.82, 2.24) is 0 Å². The summed E-state index contributed by atoms with van der Waals surface area (Å²) in [6.07, 6.45) is 13.5.